The highest BCUT2D eigenvalue weighted by atomic mass is 16.1. The van der Waals surface area contributed by atoms with Gasteiger partial charge in [-0.25, -0.2) is 4.68 Å². The van der Waals surface area contributed by atoms with Crippen LogP contribution in [0.3, 0.4) is 0 Å². The summed E-state index contributed by atoms with van der Waals surface area (Å²) in [4.78, 5) is 12.0. The monoisotopic (exact) mass is 250 g/mol. The first kappa shape index (κ1) is 11.5. The molecular formula is C16H14N2O. The first-order valence-electron chi connectivity index (χ1n) is 6.18. The number of benzene rings is 2. The van der Waals surface area contributed by atoms with Gasteiger partial charge in [0.15, 0.2) is 0 Å². The average molecular weight is 250 g/mol. The van der Waals surface area contributed by atoms with Gasteiger partial charge in [-0.05, 0) is 24.6 Å². The Morgan fingerprint density at radius 3 is 2.32 bits per heavy atom. The molecule has 3 nitrogen and oxygen atoms in total. The molecule has 2 aromatic carbocycles. The number of aromatic nitrogens is 2. The highest BCUT2D eigenvalue weighted by Gasteiger charge is 2.06. The minimum absolute atomic E-state index is 0.0539. The van der Waals surface area contributed by atoms with Crippen molar-refractivity contribution in [1.82, 2.24) is 9.78 Å². The lowest BCUT2D eigenvalue weighted by Gasteiger charge is -2.02. The number of rotatable bonds is 2. The fourth-order valence-electron chi connectivity index (χ4n) is 2.05. The van der Waals surface area contributed by atoms with E-state index < -0.39 is 0 Å². The van der Waals surface area contributed by atoms with Crippen molar-refractivity contribution in [3.8, 4) is 16.9 Å². The Balaban J connectivity index is 2.07. The molecule has 0 aliphatic heterocycles. The van der Waals surface area contributed by atoms with E-state index in [1.165, 1.54) is 5.56 Å². The maximum Gasteiger partial charge on any atom is 0.271 e. The molecule has 19 heavy (non-hydrogen) atoms. The summed E-state index contributed by atoms with van der Waals surface area (Å²) in [6, 6.07) is 19.3. The van der Waals surface area contributed by atoms with Gasteiger partial charge in [0, 0.05) is 6.07 Å². The number of nitrogens with one attached hydrogen (secondary N) is 1. The van der Waals surface area contributed by atoms with Crippen LogP contribution in [0.5, 0.6) is 0 Å². The zero-order chi connectivity index (χ0) is 13.2. The van der Waals surface area contributed by atoms with E-state index in [-0.39, 0.29) is 5.56 Å². The lowest BCUT2D eigenvalue weighted by molar-refractivity contribution is 0.852. The molecule has 1 aromatic heterocycles. The summed E-state index contributed by atoms with van der Waals surface area (Å²) in [6.45, 7) is 2.04. The number of H-pyrrole nitrogens is 1. The van der Waals surface area contributed by atoms with Gasteiger partial charge >= 0.3 is 0 Å². The fraction of sp³-hybridized carbons (Fsp3) is 0.0625. The minimum atomic E-state index is -0.0539. The molecule has 0 saturated heterocycles. The Labute approximate surface area is 111 Å². The standard InChI is InChI=1S/C16H14N2O/c1-12-7-9-13(10-8-12)15-11-16(19)18(17-15)14-5-3-2-4-6-14/h2-11,17H,1H3. The highest BCUT2D eigenvalue weighted by molar-refractivity contribution is 5.59. The van der Waals surface area contributed by atoms with Crippen LogP contribution in [0.25, 0.3) is 16.9 Å². The van der Waals surface area contributed by atoms with E-state index in [0.717, 1.165) is 16.9 Å². The lowest BCUT2D eigenvalue weighted by Crippen LogP contribution is -2.12. The Hall–Kier alpha value is -2.55. The van der Waals surface area contributed by atoms with E-state index in [2.05, 4.69) is 5.10 Å². The van der Waals surface area contributed by atoms with Crippen LogP contribution in [0, 0.1) is 6.92 Å². The number of para-hydroxylation sites is 1. The summed E-state index contributed by atoms with van der Waals surface area (Å²) in [5, 5.41) is 3.14. The second kappa shape index (κ2) is 4.61. The van der Waals surface area contributed by atoms with Crippen LogP contribution >= 0.6 is 0 Å². The summed E-state index contributed by atoms with van der Waals surface area (Å²) in [6.07, 6.45) is 0. The van der Waals surface area contributed by atoms with Crippen LogP contribution in [0.4, 0.5) is 0 Å². The number of aromatic amines is 1. The molecule has 1 N–H and O–H groups in total. The van der Waals surface area contributed by atoms with Crippen molar-refractivity contribution in [2.75, 3.05) is 0 Å². The molecule has 3 rings (SSSR count). The van der Waals surface area contributed by atoms with E-state index in [9.17, 15) is 4.79 Å². The van der Waals surface area contributed by atoms with Crippen molar-refractivity contribution in [2.24, 2.45) is 0 Å². The first-order chi connectivity index (χ1) is 9.24. The largest absolute Gasteiger partial charge is 0.290 e. The summed E-state index contributed by atoms with van der Waals surface area (Å²) in [7, 11) is 0. The molecule has 0 unspecified atom stereocenters. The van der Waals surface area contributed by atoms with Crippen molar-refractivity contribution < 1.29 is 0 Å². The molecular weight excluding hydrogens is 236 g/mol. The third-order valence-corrected chi connectivity index (χ3v) is 3.10. The van der Waals surface area contributed by atoms with Crippen LogP contribution in [0.1, 0.15) is 5.56 Å². The number of hydrogen-bond acceptors (Lipinski definition) is 1. The van der Waals surface area contributed by atoms with Crippen molar-refractivity contribution in [2.45, 2.75) is 6.92 Å². The summed E-state index contributed by atoms with van der Waals surface area (Å²) in [5.41, 5.74) is 3.83. The molecule has 3 aromatic rings. The van der Waals surface area contributed by atoms with Gasteiger partial charge in [-0.1, -0.05) is 48.0 Å². The van der Waals surface area contributed by atoms with Gasteiger partial charge in [0.25, 0.3) is 5.56 Å². The zero-order valence-corrected chi connectivity index (χ0v) is 10.6. The van der Waals surface area contributed by atoms with Gasteiger partial charge in [0.05, 0.1) is 11.4 Å². The smallest absolute Gasteiger partial charge is 0.271 e. The molecule has 94 valence electrons. The van der Waals surface area contributed by atoms with E-state index in [1.54, 1.807) is 10.7 Å². The SMILES string of the molecule is Cc1ccc(-c2cc(=O)n(-c3ccccc3)[nH]2)cc1. The van der Waals surface area contributed by atoms with Gasteiger partial charge in [0.1, 0.15) is 0 Å². The molecule has 1 heterocycles. The van der Waals surface area contributed by atoms with Gasteiger partial charge < -0.3 is 0 Å². The Morgan fingerprint density at radius 1 is 0.947 bits per heavy atom. The van der Waals surface area contributed by atoms with Crippen molar-refractivity contribution in [3.05, 3.63) is 76.6 Å². The topological polar surface area (TPSA) is 37.8 Å². The maximum absolute atomic E-state index is 12.0. The summed E-state index contributed by atoms with van der Waals surface area (Å²) in [5.74, 6) is 0. The van der Waals surface area contributed by atoms with E-state index >= 15 is 0 Å². The minimum Gasteiger partial charge on any atom is -0.290 e. The Kier molecular flexibility index (Phi) is 2.80. The molecule has 0 fully saturated rings. The van der Waals surface area contributed by atoms with Crippen molar-refractivity contribution in [3.63, 3.8) is 0 Å². The molecule has 3 heteroatoms. The number of nitrogens with zero attached hydrogens (tertiary/aromatic N) is 1. The van der Waals surface area contributed by atoms with Gasteiger partial charge in [-0.2, -0.15) is 0 Å². The predicted octanol–water partition coefficient (Wildman–Crippen LogP) is 3.14. The molecule has 0 saturated carbocycles. The maximum atomic E-state index is 12.0. The second-order valence-corrected chi connectivity index (χ2v) is 4.55. The highest BCUT2D eigenvalue weighted by Crippen LogP contribution is 2.16. The summed E-state index contributed by atoms with van der Waals surface area (Å²) >= 11 is 0. The van der Waals surface area contributed by atoms with Gasteiger partial charge in [0.2, 0.25) is 0 Å². The Morgan fingerprint density at radius 2 is 1.63 bits per heavy atom. The van der Waals surface area contributed by atoms with Gasteiger partial charge in [-0.3, -0.25) is 9.89 Å². The third kappa shape index (κ3) is 2.22. The third-order valence-electron chi connectivity index (χ3n) is 3.10. The van der Waals surface area contributed by atoms with E-state index in [0.29, 0.717) is 0 Å². The normalized spacial score (nSPS) is 10.6. The number of hydrogen-bond donors (Lipinski definition) is 1. The average Bonchev–Trinajstić information content (AvgIpc) is 2.83. The molecule has 0 amide bonds. The van der Waals surface area contributed by atoms with Crippen LogP contribution in [0.2, 0.25) is 0 Å². The van der Waals surface area contributed by atoms with Crippen LogP contribution < -0.4 is 5.56 Å². The molecule has 0 radical (unpaired) electrons. The Bertz CT molecular complexity index is 736. The van der Waals surface area contributed by atoms with Gasteiger partial charge in [-0.15, -0.1) is 0 Å². The van der Waals surface area contributed by atoms with E-state index in [4.69, 9.17) is 0 Å². The second-order valence-electron chi connectivity index (χ2n) is 4.55. The van der Waals surface area contributed by atoms with Crippen molar-refractivity contribution >= 4 is 0 Å². The van der Waals surface area contributed by atoms with Crippen LogP contribution in [-0.4, -0.2) is 9.78 Å². The van der Waals surface area contributed by atoms with Crippen molar-refractivity contribution in [1.29, 1.82) is 0 Å². The molecule has 0 spiro atoms. The number of aryl methyl sites for hydroxylation is 1. The van der Waals surface area contributed by atoms with Crippen LogP contribution in [-0.2, 0) is 0 Å². The van der Waals surface area contributed by atoms with Crippen LogP contribution in [0.15, 0.2) is 65.5 Å². The quantitative estimate of drug-likeness (QED) is 0.745. The molecule has 0 atom stereocenters. The fourth-order valence-corrected chi connectivity index (χ4v) is 2.05. The lowest BCUT2D eigenvalue weighted by atomic mass is 10.1. The molecule has 0 aliphatic carbocycles. The molecule has 0 aliphatic rings. The summed E-state index contributed by atoms with van der Waals surface area (Å²) < 4.78 is 1.55. The zero-order valence-electron chi connectivity index (χ0n) is 10.6. The molecule has 0 bridgehead atoms. The predicted molar refractivity (Wildman–Crippen MR) is 76.6 cm³/mol. The van der Waals surface area contributed by atoms with E-state index in [1.807, 2.05) is 61.5 Å². The first-order valence-corrected chi connectivity index (χ1v) is 6.18.